The average molecular weight is 510 g/mol. The van der Waals surface area contributed by atoms with Gasteiger partial charge in [-0.05, 0) is 57.2 Å². The molecule has 0 aromatic heterocycles. The third-order valence-electron chi connectivity index (χ3n) is 6.54. The van der Waals surface area contributed by atoms with Crippen LogP contribution in [0.1, 0.15) is 45.2 Å². The lowest BCUT2D eigenvalue weighted by molar-refractivity contribution is -0.138. The number of carbonyl (C=O) groups is 2. The molecule has 1 aromatic carbocycles. The maximum atomic E-state index is 13.5. The van der Waals surface area contributed by atoms with Crippen molar-refractivity contribution >= 4 is 34.8 Å². The van der Waals surface area contributed by atoms with E-state index in [1.54, 1.807) is 24.8 Å². The number of hydrogen-bond donors (Lipinski definition) is 0. The maximum Gasteiger partial charge on any atom is 0.417 e. The highest BCUT2D eigenvalue weighted by Gasteiger charge is 2.49. The number of hydrogen-bond acceptors (Lipinski definition) is 5. The van der Waals surface area contributed by atoms with E-state index in [9.17, 15) is 22.8 Å². The molecule has 0 spiro atoms. The SMILES string of the molecule is CC(C)C(=O)N1CCN(CCCN2C(=S)N(c3ccc(C#N)c(C(F)(F)F)c3)C(=O)C2(C)C)CC1. The van der Waals surface area contributed by atoms with Gasteiger partial charge in [0.15, 0.2) is 5.11 Å². The van der Waals surface area contributed by atoms with E-state index in [0.29, 0.717) is 26.1 Å². The smallest absolute Gasteiger partial charge is 0.340 e. The summed E-state index contributed by atoms with van der Waals surface area (Å²) < 4.78 is 40.4. The normalized spacial score (nSPS) is 19.0. The summed E-state index contributed by atoms with van der Waals surface area (Å²) >= 11 is 5.53. The molecule has 2 fully saturated rings. The van der Waals surface area contributed by atoms with Crippen molar-refractivity contribution in [3.63, 3.8) is 0 Å². The van der Waals surface area contributed by atoms with Crippen LogP contribution in [0.25, 0.3) is 0 Å². The summed E-state index contributed by atoms with van der Waals surface area (Å²) in [4.78, 5) is 32.4. The predicted octanol–water partition coefficient (Wildman–Crippen LogP) is 3.48. The molecule has 0 atom stereocenters. The molecule has 2 heterocycles. The summed E-state index contributed by atoms with van der Waals surface area (Å²) in [7, 11) is 0. The van der Waals surface area contributed by atoms with Gasteiger partial charge in [0.05, 0.1) is 22.9 Å². The summed E-state index contributed by atoms with van der Waals surface area (Å²) in [5.41, 5.74) is -2.64. The van der Waals surface area contributed by atoms with Crippen molar-refractivity contribution in [2.24, 2.45) is 5.92 Å². The first-order valence-corrected chi connectivity index (χ1v) is 12.0. The Morgan fingerprint density at radius 1 is 1.17 bits per heavy atom. The van der Waals surface area contributed by atoms with E-state index in [1.165, 1.54) is 6.07 Å². The topological polar surface area (TPSA) is 70.9 Å². The van der Waals surface area contributed by atoms with Crippen LogP contribution in [-0.2, 0) is 15.8 Å². The zero-order valence-corrected chi connectivity index (χ0v) is 21.2. The quantitative estimate of drug-likeness (QED) is 0.547. The van der Waals surface area contributed by atoms with Crippen molar-refractivity contribution in [2.75, 3.05) is 44.2 Å². The maximum absolute atomic E-state index is 13.5. The van der Waals surface area contributed by atoms with Gasteiger partial charge in [-0.15, -0.1) is 0 Å². The zero-order chi connectivity index (χ0) is 26.1. The summed E-state index contributed by atoms with van der Waals surface area (Å²) in [5, 5.41) is 9.19. The fraction of sp³-hybridized carbons (Fsp3) is 0.583. The number of benzene rings is 1. The van der Waals surface area contributed by atoms with Crippen LogP contribution in [0.2, 0.25) is 0 Å². The van der Waals surface area contributed by atoms with Gasteiger partial charge in [-0.3, -0.25) is 19.4 Å². The summed E-state index contributed by atoms with van der Waals surface area (Å²) in [6, 6.07) is 4.73. The van der Waals surface area contributed by atoms with Gasteiger partial charge in [-0.25, -0.2) is 0 Å². The number of carbonyl (C=O) groups excluding carboxylic acids is 2. The van der Waals surface area contributed by atoms with Crippen molar-refractivity contribution in [1.29, 1.82) is 5.26 Å². The lowest BCUT2D eigenvalue weighted by atomic mass is 10.0. The van der Waals surface area contributed by atoms with Crippen molar-refractivity contribution < 1.29 is 22.8 Å². The number of amides is 2. The third-order valence-corrected chi connectivity index (χ3v) is 6.95. The van der Waals surface area contributed by atoms with Crippen LogP contribution in [0.15, 0.2) is 18.2 Å². The lowest BCUT2D eigenvalue weighted by Crippen LogP contribution is -2.50. The molecule has 2 amide bonds. The summed E-state index contributed by atoms with van der Waals surface area (Å²) in [5.74, 6) is -0.284. The molecule has 2 saturated heterocycles. The monoisotopic (exact) mass is 509 g/mol. The van der Waals surface area contributed by atoms with E-state index in [1.807, 2.05) is 18.7 Å². The molecule has 0 unspecified atom stereocenters. The second-order valence-corrected chi connectivity index (χ2v) is 10.0. The molecule has 11 heteroatoms. The van der Waals surface area contributed by atoms with Crippen LogP contribution >= 0.6 is 12.2 Å². The fourth-order valence-electron chi connectivity index (χ4n) is 4.45. The van der Waals surface area contributed by atoms with Crippen molar-refractivity contribution in [2.45, 2.75) is 45.8 Å². The number of nitrogens with zero attached hydrogens (tertiary/aromatic N) is 5. The Morgan fingerprint density at radius 3 is 2.34 bits per heavy atom. The molecule has 2 aliphatic heterocycles. The Morgan fingerprint density at radius 2 is 1.80 bits per heavy atom. The fourth-order valence-corrected chi connectivity index (χ4v) is 4.96. The van der Waals surface area contributed by atoms with Crippen molar-refractivity contribution in [1.82, 2.24) is 14.7 Å². The van der Waals surface area contributed by atoms with Crippen LogP contribution in [0, 0.1) is 17.2 Å². The number of nitriles is 1. The average Bonchev–Trinajstić information content (AvgIpc) is 2.97. The van der Waals surface area contributed by atoms with Gasteiger partial charge in [0.2, 0.25) is 5.91 Å². The van der Waals surface area contributed by atoms with E-state index in [4.69, 9.17) is 17.5 Å². The molecule has 7 nitrogen and oxygen atoms in total. The van der Waals surface area contributed by atoms with Crippen LogP contribution in [0.5, 0.6) is 0 Å². The zero-order valence-electron chi connectivity index (χ0n) is 20.4. The van der Waals surface area contributed by atoms with Crippen LogP contribution in [0.4, 0.5) is 18.9 Å². The first-order chi connectivity index (χ1) is 16.3. The molecule has 0 saturated carbocycles. The minimum atomic E-state index is -4.73. The minimum Gasteiger partial charge on any atom is -0.340 e. The first-order valence-electron chi connectivity index (χ1n) is 11.6. The molecule has 190 valence electrons. The number of anilines is 1. The Kier molecular flexibility index (Phi) is 7.77. The second-order valence-electron chi connectivity index (χ2n) is 9.65. The molecule has 1 aromatic rings. The summed E-state index contributed by atoms with van der Waals surface area (Å²) in [6.07, 6.45) is -4.03. The molecule has 0 N–H and O–H groups in total. The highest BCUT2D eigenvalue weighted by atomic mass is 32.1. The van der Waals surface area contributed by atoms with Crippen molar-refractivity contribution in [3.05, 3.63) is 29.3 Å². The highest BCUT2D eigenvalue weighted by molar-refractivity contribution is 7.80. The number of alkyl halides is 3. The van der Waals surface area contributed by atoms with E-state index < -0.39 is 28.7 Å². The number of halogens is 3. The predicted molar refractivity (Wildman–Crippen MR) is 130 cm³/mol. The first kappa shape index (κ1) is 26.9. The van der Waals surface area contributed by atoms with Gasteiger partial charge in [-0.1, -0.05) is 13.8 Å². The van der Waals surface area contributed by atoms with Gasteiger partial charge in [0, 0.05) is 38.6 Å². The number of thiocarbonyl (C=S) groups is 1. The molecule has 0 aliphatic carbocycles. The molecule has 0 bridgehead atoms. The molecule has 35 heavy (non-hydrogen) atoms. The second kappa shape index (κ2) is 10.1. The summed E-state index contributed by atoms with van der Waals surface area (Å²) in [6.45, 7) is 11.3. The van der Waals surface area contributed by atoms with Crippen molar-refractivity contribution in [3.8, 4) is 6.07 Å². The molecule has 2 aliphatic rings. The van der Waals surface area contributed by atoms with E-state index in [2.05, 4.69) is 4.90 Å². The Labute approximate surface area is 209 Å². The molecular weight excluding hydrogens is 479 g/mol. The van der Waals surface area contributed by atoms with Gasteiger partial charge in [-0.2, -0.15) is 18.4 Å². The standard InChI is InChI=1S/C24H30F3N5O2S/c1-16(2)20(33)30-12-10-29(11-13-30)8-5-9-31-22(35)32(21(34)23(31,3)4)18-7-6-17(15-28)19(14-18)24(25,26)27/h6-7,14,16H,5,8-13H2,1-4H3. The number of rotatable bonds is 6. The minimum absolute atomic E-state index is 0.00663. The molecule has 0 radical (unpaired) electrons. The molecular formula is C24H30F3N5O2S. The number of piperazine rings is 1. The van der Waals surface area contributed by atoms with Gasteiger partial charge in [0.1, 0.15) is 5.54 Å². The van der Waals surface area contributed by atoms with E-state index in [-0.39, 0.29) is 22.6 Å². The van der Waals surface area contributed by atoms with Gasteiger partial charge < -0.3 is 9.80 Å². The third kappa shape index (κ3) is 5.43. The van der Waals surface area contributed by atoms with E-state index in [0.717, 1.165) is 36.7 Å². The largest absolute Gasteiger partial charge is 0.417 e. The van der Waals surface area contributed by atoms with Gasteiger partial charge >= 0.3 is 6.18 Å². The Bertz CT molecular complexity index is 1040. The Balaban J connectivity index is 1.67. The van der Waals surface area contributed by atoms with Crippen LogP contribution < -0.4 is 4.90 Å². The van der Waals surface area contributed by atoms with Gasteiger partial charge in [0.25, 0.3) is 5.91 Å². The molecule has 3 rings (SSSR count). The highest BCUT2D eigenvalue weighted by Crippen LogP contribution is 2.37. The van der Waals surface area contributed by atoms with Crippen LogP contribution in [0.3, 0.4) is 0 Å². The van der Waals surface area contributed by atoms with E-state index >= 15 is 0 Å². The Hall–Kier alpha value is -2.71. The van der Waals surface area contributed by atoms with Crippen LogP contribution in [-0.4, -0.2) is 76.4 Å². The lowest BCUT2D eigenvalue weighted by Gasteiger charge is -2.36.